The summed E-state index contributed by atoms with van der Waals surface area (Å²) in [7, 11) is 0. The van der Waals surface area contributed by atoms with Gasteiger partial charge in [-0.25, -0.2) is 0 Å². The first-order valence-corrected chi connectivity index (χ1v) is 6.32. The van der Waals surface area contributed by atoms with Crippen molar-refractivity contribution in [3.63, 3.8) is 0 Å². The molecular weight excluding hydrogens is 172 g/mol. The molecule has 0 amide bonds. The monoisotopic (exact) mass is 198 g/mol. The van der Waals surface area contributed by atoms with Crippen molar-refractivity contribution in [2.24, 2.45) is 0 Å². The maximum Gasteiger partial charge on any atom is 0.0195 e. The van der Waals surface area contributed by atoms with Crippen LogP contribution in [0.25, 0.3) is 0 Å². The molecule has 1 aliphatic rings. The average molecular weight is 198 g/mol. The highest BCUT2D eigenvalue weighted by molar-refractivity contribution is 4.77. The smallest absolute Gasteiger partial charge is 0.0195 e. The molecule has 1 aliphatic heterocycles. The molecule has 1 heterocycles. The van der Waals surface area contributed by atoms with E-state index in [-0.39, 0.29) is 0 Å². The second-order valence-electron chi connectivity index (χ2n) is 4.45. The Balaban J connectivity index is 2.14. The zero-order valence-electron chi connectivity index (χ0n) is 9.89. The van der Waals surface area contributed by atoms with Crippen molar-refractivity contribution in [3.05, 3.63) is 0 Å². The third-order valence-electron chi connectivity index (χ3n) is 3.02. The van der Waals surface area contributed by atoms with Gasteiger partial charge in [-0.05, 0) is 45.3 Å². The summed E-state index contributed by atoms with van der Waals surface area (Å²) in [6.45, 7) is 9.61. The van der Waals surface area contributed by atoms with E-state index in [0.717, 1.165) is 6.04 Å². The van der Waals surface area contributed by atoms with Gasteiger partial charge in [0.2, 0.25) is 0 Å². The summed E-state index contributed by atoms with van der Waals surface area (Å²) in [4.78, 5) is 2.63. The Kier molecular flexibility index (Phi) is 6.20. The summed E-state index contributed by atoms with van der Waals surface area (Å²) in [6.07, 6.45) is 6.70. The number of unbranched alkanes of at least 4 members (excludes halogenated alkanes) is 1. The minimum Gasteiger partial charge on any atom is -0.313 e. The molecule has 1 atom stereocenters. The molecule has 1 fully saturated rings. The molecule has 1 saturated heterocycles. The number of hydrogen-bond acceptors (Lipinski definition) is 2. The summed E-state index contributed by atoms with van der Waals surface area (Å²) in [5.41, 5.74) is 0. The molecule has 0 aliphatic carbocycles. The fourth-order valence-corrected chi connectivity index (χ4v) is 2.16. The van der Waals surface area contributed by atoms with Crippen molar-refractivity contribution in [3.8, 4) is 0 Å². The molecule has 0 aromatic carbocycles. The van der Waals surface area contributed by atoms with Crippen molar-refractivity contribution in [1.29, 1.82) is 0 Å². The summed E-state index contributed by atoms with van der Waals surface area (Å²) >= 11 is 0. The van der Waals surface area contributed by atoms with E-state index in [1.807, 2.05) is 0 Å². The topological polar surface area (TPSA) is 15.3 Å². The van der Waals surface area contributed by atoms with Crippen LogP contribution in [0.2, 0.25) is 0 Å². The van der Waals surface area contributed by atoms with Crippen molar-refractivity contribution < 1.29 is 0 Å². The molecule has 0 radical (unpaired) electrons. The summed E-state index contributed by atoms with van der Waals surface area (Å²) in [6, 6.07) is 0.764. The molecular formula is C12H26N2. The molecule has 1 unspecified atom stereocenters. The first-order valence-electron chi connectivity index (χ1n) is 6.32. The number of piperidine rings is 1. The Morgan fingerprint density at radius 1 is 1.29 bits per heavy atom. The summed E-state index contributed by atoms with van der Waals surface area (Å²) in [5.74, 6) is 0. The lowest BCUT2D eigenvalue weighted by Gasteiger charge is -2.33. The Labute approximate surface area is 89.1 Å². The predicted molar refractivity (Wildman–Crippen MR) is 62.7 cm³/mol. The van der Waals surface area contributed by atoms with Gasteiger partial charge >= 0.3 is 0 Å². The van der Waals surface area contributed by atoms with Gasteiger partial charge in [0.25, 0.3) is 0 Å². The predicted octanol–water partition coefficient (Wildman–Crippen LogP) is 2.25. The first kappa shape index (κ1) is 12.0. The maximum atomic E-state index is 3.64. The van der Waals surface area contributed by atoms with Crippen LogP contribution in [0, 0.1) is 0 Å². The molecule has 1 rings (SSSR count). The highest BCUT2D eigenvalue weighted by Gasteiger charge is 2.17. The summed E-state index contributed by atoms with van der Waals surface area (Å²) < 4.78 is 0. The third kappa shape index (κ3) is 4.43. The molecule has 84 valence electrons. The molecule has 2 nitrogen and oxygen atoms in total. The minimum absolute atomic E-state index is 0.764. The molecule has 0 aromatic rings. The highest BCUT2D eigenvalue weighted by Crippen LogP contribution is 2.10. The average Bonchev–Trinajstić information content (AvgIpc) is 2.24. The van der Waals surface area contributed by atoms with Gasteiger partial charge in [-0.2, -0.15) is 0 Å². The minimum atomic E-state index is 0.764. The number of hydrogen-bond donors (Lipinski definition) is 1. The number of rotatable bonds is 6. The van der Waals surface area contributed by atoms with Crippen LogP contribution in [0.3, 0.4) is 0 Å². The van der Waals surface area contributed by atoms with E-state index >= 15 is 0 Å². The summed E-state index contributed by atoms with van der Waals surface area (Å²) in [5, 5.41) is 3.64. The van der Waals surface area contributed by atoms with E-state index < -0.39 is 0 Å². The molecule has 0 saturated carbocycles. The van der Waals surface area contributed by atoms with Crippen molar-refractivity contribution >= 4 is 0 Å². The van der Waals surface area contributed by atoms with E-state index in [1.54, 1.807) is 0 Å². The second kappa shape index (κ2) is 7.24. The van der Waals surface area contributed by atoms with Crippen LogP contribution in [0.15, 0.2) is 0 Å². The quantitative estimate of drug-likeness (QED) is 0.704. The zero-order valence-corrected chi connectivity index (χ0v) is 9.89. The Morgan fingerprint density at radius 2 is 2.14 bits per heavy atom. The van der Waals surface area contributed by atoms with E-state index in [2.05, 4.69) is 24.1 Å². The van der Waals surface area contributed by atoms with Crippen molar-refractivity contribution in [2.75, 3.05) is 26.2 Å². The number of nitrogens with one attached hydrogen (secondary N) is 1. The standard InChI is InChI=1S/C12H26N2/c1-3-5-9-14-10-6-7-12(11-14)13-8-4-2/h12-13H,3-11H2,1-2H3. The number of likely N-dealkylation sites (tertiary alicyclic amines) is 1. The van der Waals surface area contributed by atoms with Crippen LogP contribution in [-0.4, -0.2) is 37.1 Å². The van der Waals surface area contributed by atoms with Crippen molar-refractivity contribution in [1.82, 2.24) is 10.2 Å². The van der Waals surface area contributed by atoms with Gasteiger partial charge in [-0.1, -0.05) is 20.3 Å². The Morgan fingerprint density at radius 3 is 2.86 bits per heavy atom. The molecule has 2 heteroatoms. The normalized spacial score (nSPS) is 24.0. The van der Waals surface area contributed by atoms with Gasteiger partial charge in [0.1, 0.15) is 0 Å². The largest absolute Gasteiger partial charge is 0.313 e. The molecule has 14 heavy (non-hydrogen) atoms. The third-order valence-corrected chi connectivity index (χ3v) is 3.02. The van der Waals surface area contributed by atoms with Gasteiger partial charge in [0.05, 0.1) is 0 Å². The highest BCUT2D eigenvalue weighted by atomic mass is 15.2. The van der Waals surface area contributed by atoms with Crippen LogP contribution in [-0.2, 0) is 0 Å². The lowest BCUT2D eigenvalue weighted by molar-refractivity contribution is 0.188. The fraction of sp³-hybridized carbons (Fsp3) is 1.00. The fourth-order valence-electron chi connectivity index (χ4n) is 2.16. The van der Waals surface area contributed by atoms with E-state index in [9.17, 15) is 0 Å². The maximum absolute atomic E-state index is 3.64. The number of nitrogens with zero attached hydrogens (tertiary/aromatic N) is 1. The Bertz CT molecular complexity index is 122. The van der Waals surface area contributed by atoms with Crippen LogP contribution in [0.1, 0.15) is 46.0 Å². The SMILES string of the molecule is CCCCN1CCCC(NCCC)C1. The lowest BCUT2D eigenvalue weighted by Crippen LogP contribution is -2.46. The van der Waals surface area contributed by atoms with E-state index in [0.29, 0.717) is 0 Å². The van der Waals surface area contributed by atoms with Gasteiger partial charge < -0.3 is 10.2 Å². The van der Waals surface area contributed by atoms with E-state index in [1.165, 1.54) is 58.3 Å². The first-order chi connectivity index (χ1) is 6.86. The molecule has 0 bridgehead atoms. The Hall–Kier alpha value is -0.0800. The molecule has 0 spiro atoms. The lowest BCUT2D eigenvalue weighted by atomic mass is 10.1. The van der Waals surface area contributed by atoms with Crippen molar-refractivity contribution in [2.45, 2.75) is 52.0 Å². The van der Waals surface area contributed by atoms with Crippen LogP contribution < -0.4 is 5.32 Å². The molecule has 0 aromatic heterocycles. The van der Waals surface area contributed by atoms with Crippen LogP contribution >= 0.6 is 0 Å². The van der Waals surface area contributed by atoms with Gasteiger partial charge in [-0.15, -0.1) is 0 Å². The van der Waals surface area contributed by atoms with Gasteiger partial charge in [0.15, 0.2) is 0 Å². The van der Waals surface area contributed by atoms with Gasteiger partial charge in [-0.3, -0.25) is 0 Å². The van der Waals surface area contributed by atoms with Gasteiger partial charge in [0, 0.05) is 12.6 Å². The second-order valence-corrected chi connectivity index (χ2v) is 4.45. The molecule has 1 N–H and O–H groups in total. The van der Waals surface area contributed by atoms with E-state index in [4.69, 9.17) is 0 Å². The zero-order chi connectivity index (χ0) is 10.2. The van der Waals surface area contributed by atoms with Crippen LogP contribution in [0.4, 0.5) is 0 Å². The van der Waals surface area contributed by atoms with Crippen LogP contribution in [0.5, 0.6) is 0 Å².